The first kappa shape index (κ1) is 28.2. The minimum absolute atomic E-state index is 0.0603. The van der Waals surface area contributed by atoms with Gasteiger partial charge in [0.15, 0.2) is 5.78 Å². The molecule has 208 valence electrons. The number of carbonyl (C=O) groups excluding carboxylic acids is 3. The average molecular weight is 535 g/mol. The molecule has 1 saturated carbocycles. The van der Waals surface area contributed by atoms with Gasteiger partial charge in [0.2, 0.25) is 5.54 Å². The molecule has 6 nitrogen and oxygen atoms in total. The maximum absolute atomic E-state index is 15.1. The molecule has 1 aromatic rings. The van der Waals surface area contributed by atoms with Crippen molar-refractivity contribution < 1.29 is 32.3 Å². The van der Waals surface area contributed by atoms with Crippen LogP contribution in [0.3, 0.4) is 0 Å². The van der Waals surface area contributed by atoms with Gasteiger partial charge in [0.25, 0.3) is 11.8 Å². The number of rotatable bonds is 5. The van der Waals surface area contributed by atoms with Gasteiger partial charge in [-0.05, 0) is 68.2 Å². The number of carbonyl (C=O) groups is 3. The molecule has 1 aromatic carbocycles. The van der Waals surface area contributed by atoms with Gasteiger partial charge in [0.05, 0.1) is 11.7 Å². The summed E-state index contributed by atoms with van der Waals surface area (Å²) in [6, 6.07) is 5.19. The number of nitrogens with zero attached hydrogens (tertiary/aromatic N) is 1. The van der Waals surface area contributed by atoms with E-state index in [-0.39, 0.29) is 42.0 Å². The van der Waals surface area contributed by atoms with Crippen LogP contribution in [0.1, 0.15) is 84.0 Å². The number of amides is 2. The fourth-order valence-corrected chi connectivity index (χ4v) is 6.25. The van der Waals surface area contributed by atoms with Crippen LogP contribution in [0, 0.1) is 17.3 Å². The summed E-state index contributed by atoms with van der Waals surface area (Å²) in [5.41, 5.74) is -4.62. The zero-order chi connectivity index (χ0) is 28.2. The Morgan fingerprint density at radius 2 is 1.71 bits per heavy atom. The number of allylic oxidation sites excluding steroid dienone is 1. The Bertz CT molecular complexity index is 1160. The number of halogens is 3. The van der Waals surface area contributed by atoms with Crippen LogP contribution in [0.25, 0.3) is 0 Å². The number of ketones is 1. The van der Waals surface area contributed by atoms with E-state index in [2.05, 4.69) is 0 Å². The lowest BCUT2D eigenvalue weighted by atomic mass is 9.72. The standard InChI is InChI=1S/C29H37F3N2O4/c1-16(2)38-20-12-10-19(11-13-20)25(36)33-28(29(30,31)32)24-22(14-27(5,6)15-23(24)35)34(26(28)37)21-9-7-8-17(3)18(21)4/h10-13,16-18,21H,7-9,14-15H2,1-6H3,(H,33,36)/t17-,18-,21+,28-/m0/s1. The van der Waals surface area contributed by atoms with Crippen molar-refractivity contribution in [2.75, 3.05) is 0 Å². The van der Waals surface area contributed by atoms with E-state index < -0.39 is 46.3 Å². The zero-order valence-corrected chi connectivity index (χ0v) is 22.9. The summed E-state index contributed by atoms with van der Waals surface area (Å²) < 4.78 is 51.0. The molecule has 0 spiro atoms. The van der Waals surface area contributed by atoms with Gasteiger partial charge in [-0.25, -0.2) is 0 Å². The SMILES string of the molecule is CC(C)Oc1ccc(C(=O)N[C@]2(C(F)(F)F)C(=O)N([C@@H]3CCC[C@H](C)[C@@H]3C)C3=C2C(=O)CC(C)(C)C3)cc1. The van der Waals surface area contributed by atoms with E-state index in [9.17, 15) is 14.4 Å². The van der Waals surface area contributed by atoms with Gasteiger partial charge in [-0.1, -0.05) is 40.5 Å². The lowest BCUT2D eigenvalue weighted by Gasteiger charge is -2.43. The summed E-state index contributed by atoms with van der Waals surface area (Å²) in [5.74, 6) is -2.50. The van der Waals surface area contributed by atoms with Crippen molar-refractivity contribution >= 4 is 17.6 Å². The average Bonchev–Trinajstić information content (AvgIpc) is 3.03. The number of hydrogen-bond acceptors (Lipinski definition) is 4. The molecule has 4 atom stereocenters. The number of nitrogens with one attached hydrogen (secondary N) is 1. The van der Waals surface area contributed by atoms with Crippen LogP contribution in [0.4, 0.5) is 13.2 Å². The number of Topliss-reactive ketones (excluding diaryl/α,β-unsaturated/α-hetero) is 1. The van der Waals surface area contributed by atoms with Crippen LogP contribution in [0.15, 0.2) is 35.5 Å². The lowest BCUT2D eigenvalue weighted by Crippen LogP contribution is -2.67. The quantitative estimate of drug-likeness (QED) is 0.517. The molecule has 1 N–H and O–H groups in total. The second-order valence-electron chi connectivity index (χ2n) is 12.2. The molecular weight excluding hydrogens is 497 g/mol. The maximum Gasteiger partial charge on any atom is 0.425 e. The van der Waals surface area contributed by atoms with E-state index >= 15 is 13.2 Å². The topological polar surface area (TPSA) is 75.7 Å². The summed E-state index contributed by atoms with van der Waals surface area (Å²) in [7, 11) is 0. The van der Waals surface area contributed by atoms with Gasteiger partial charge >= 0.3 is 6.18 Å². The highest BCUT2D eigenvalue weighted by Gasteiger charge is 2.72. The fourth-order valence-electron chi connectivity index (χ4n) is 6.25. The number of ether oxygens (including phenoxy) is 1. The minimum atomic E-state index is -5.23. The molecule has 3 aliphatic rings. The first-order chi connectivity index (χ1) is 17.6. The molecule has 0 saturated heterocycles. The van der Waals surface area contributed by atoms with E-state index in [0.717, 1.165) is 12.8 Å². The summed E-state index contributed by atoms with van der Waals surface area (Å²) in [6.45, 7) is 11.3. The fraction of sp³-hybridized carbons (Fsp3) is 0.621. The van der Waals surface area contributed by atoms with Gasteiger partial charge in [-0.15, -0.1) is 0 Å². The molecule has 0 bridgehead atoms. The van der Waals surface area contributed by atoms with Crippen molar-refractivity contribution in [1.29, 1.82) is 0 Å². The molecule has 0 radical (unpaired) electrons. The van der Waals surface area contributed by atoms with Crippen molar-refractivity contribution in [3.63, 3.8) is 0 Å². The Labute approximate surface area is 222 Å². The normalized spacial score (nSPS) is 29.5. The van der Waals surface area contributed by atoms with Crippen molar-refractivity contribution in [3.8, 4) is 5.75 Å². The molecule has 9 heteroatoms. The number of alkyl halides is 3. The van der Waals surface area contributed by atoms with Crippen LogP contribution in [-0.2, 0) is 9.59 Å². The number of benzene rings is 1. The minimum Gasteiger partial charge on any atom is -0.491 e. The van der Waals surface area contributed by atoms with E-state index in [0.29, 0.717) is 12.2 Å². The van der Waals surface area contributed by atoms with Crippen molar-refractivity contribution in [3.05, 3.63) is 41.1 Å². The molecule has 0 unspecified atom stereocenters. The van der Waals surface area contributed by atoms with Crippen molar-refractivity contribution in [2.45, 2.75) is 97.5 Å². The molecule has 1 heterocycles. The third-order valence-electron chi connectivity index (χ3n) is 8.27. The Kier molecular flexibility index (Phi) is 7.21. The largest absolute Gasteiger partial charge is 0.491 e. The highest BCUT2D eigenvalue weighted by atomic mass is 19.4. The van der Waals surface area contributed by atoms with Gasteiger partial charge in [0.1, 0.15) is 5.75 Å². The summed E-state index contributed by atoms with van der Waals surface area (Å²) in [6.07, 6.45) is -3.10. The molecule has 0 aromatic heterocycles. The van der Waals surface area contributed by atoms with E-state index in [1.54, 1.807) is 0 Å². The second-order valence-corrected chi connectivity index (χ2v) is 12.2. The molecule has 4 rings (SSSR count). The van der Waals surface area contributed by atoms with Crippen LogP contribution in [0.5, 0.6) is 5.75 Å². The van der Waals surface area contributed by atoms with E-state index in [4.69, 9.17) is 4.74 Å². The van der Waals surface area contributed by atoms with E-state index in [1.807, 2.05) is 46.9 Å². The van der Waals surface area contributed by atoms with Crippen molar-refractivity contribution in [2.24, 2.45) is 17.3 Å². The highest BCUT2D eigenvalue weighted by molar-refractivity contribution is 6.14. The zero-order valence-electron chi connectivity index (χ0n) is 22.9. The van der Waals surface area contributed by atoms with Gasteiger partial charge in [0, 0.05) is 23.7 Å². The maximum atomic E-state index is 15.1. The lowest BCUT2D eigenvalue weighted by molar-refractivity contribution is -0.192. The third kappa shape index (κ3) is 4.73. The molecule has 1 fully saturated rings. The summed E-state index contributed by atoms with van der Waals surface area (Å²) in [5, 5.41) is 2.04. The Hall–Kier alpha value is -2.84. The molecule has 1 aliphatic heterocycles. The van der Waals surface area contributed by atoms with Gasteiger partial charge in [-0.3, -0.25) is 14.4 Å². The predicted molar refractivity (Wildman–Crippen MR) is 136 cm³/mol. The first-order valence-electron chi connectivity index (χ1n) is 13.4. The summed E-state index contributed by atoms with van der Waals surface area (Å²) in [4.78, 5) is 42.0. The molecular formula is C29H37F3N2O4. The van der Waals surface area contributed by atoms with Crippen LogP contribution >= 0.6 is 0 Å². The van der Waals surface area contributed by atoms with Crippen LogP contribution in [0.2, 0.25) is 0 Å². The van der Waals surface area contributed by atoms with E-state index in [1.165, 1.54) is 29.2 Å². The Morgan fingerprint density at radius 1 is 1.08 bits per heavy atom. The van der Waals surface area contributed by atoms with Gasteiger partial charge in [-0.2, -0.15) is 13.2 Å². The highest BCUT2D eigenvalue weighted by Crippen LogP contribution is 2.54. The predicted octanol–water partition coefficient (Wildman–Crippen LogP) is 5.81. The van der Waals surface area contributed by atoms with Crippen molar-refractivity contribution in [1.82, 2.24) is 10.2 Å². The Morgan fingerprint density at radius 3 is 2.29 bits per heavy atom. The third-order valence-corrected chi connectivity index (χ3v) is 8.27. The second kappa shape index (κ2) is 9.72. The Balaban J connectivity index is 1.82. The molecule has 38 heavy (non-hydrogen) atoms. The number of hydrogen-bond donors (Lipinski definition) is 1. The first-order valence-corrected chi connectivity index (χ1v) is 13.4. The monoisotopic (exact) mass is 534 g/mol. The molecule has 2 aliphatic carbocycles. The van der Waals surface area contributed by atoms with Crippen LogP contribution in [-0.4, -0.2) is 46.4 Å². The summed E-state index contributed by atoms with van der Waals surface area (Å²) >= 11 is 0. The van der Waals surface area contributed by atoms with Crippen LogP contribution < -0.4 is 10.1 Å². The van der Waals surface area contributed by atoms with Gasteiger partial charge < -0.3 is 15.0 Å². The molecule has 2 amide bonds. The smallest absolute Gasteiger partial charge is 0.425 e.